The van der Waals surface area contributed by atoms with Gasteiger partial charge < -0.3 is 10.4 Å². The van der Waals surface area contributed by atoms with Crippen molar-refractivity contribution in [3.8, 4) is 17.5 Å². The first kappa shape index (κ1) is 22.2. The van der Waals surface area contributed by atoms with Gasteiger partial charge in [0, 0.05) is 28.7 Å². The number of carboxylic acid groups (broad SMARTS) is 1. The Kier molecular flexibility index (Phi) is 5.70. The number of thiophene rings is 1. The standard InChI is InChI=1S/C24H19FN4O3S/c1-12(27-18-9-8-15(25)10-17(18)24(31)32)19-13(2)33-21-20(19)28-22(29(3)23(21)30)16-7-5-4-6-14(16)11-26/h4-10,12,27H,1-3H3,(H,31,32). The van der Waals surface area contributed by atoms with Crippen LogP contribution in [0, 0.1) is 24.1 Å². The fourth-order valence-corrected chi connectivity index (χ4v) is 5.05. The predicted octanol–water partition coefficient (Wildman–Crippen LogP) is 4.85. The van der Waals surface area contributed by atoms with E-state index in [1.54, 1.807) is 31.3 Å². The molecule has 0 fully saturated rings. The Labute approximate surface area is 192 Å². The van der Waals surface area contributed by atoms with Gasteiger partial charge in [-0.15, -0.1) is 11.3 Å². The molecule has 2 aromatic carbocycles. The van der Waals surface area contributed by atoms with Gasteiger partial charge in [0.2, 0.25) is 0 Å². The molecule has 1 unspecified atom stereocenters. The van der Waals surface area contributed by atoms with Crippen molar-refractivity contribution >= 4 is 33.2 Å². The van der Waals surface area contributed by atoms with E-state index in [1.807, 2.05) is 13.8 Å². The van der Waals surface area contributed by atoms with Gasteiger partial charge in [-0.1, -0.05) is 12.1 Å². The van der Waals surface area contributed by atoms with Gasteiger partial charge in [0.15, 0.2) is 0 Å². The van der Waals surface area contributed by atoms with E-state index >= 15 is 0 Å². The Morgan fingerprint density at radius 2 is 2.03 bits per heavy atom. The minimum absolute atomic E-state index is 0.188. The summed E-state index contributed by atoms with van der Waals surface area (Å²) in [5, 5.41) is 22.1. The Morgan fingerprint density at radius 1 is 1.30 bits per heavy atom. The maximum atomic E-state index is 13.6. The maximum absolute atomic E-state index is 13.6. The van der Waals surface area contributed by atoms with Crippen molar-refractivity contribution in [3.05, 3.63) is 80.2 Å². The molecule has 7 nitrogen and oxygen atoms in total. The lowest BCUT2D eigenvalue weighted by Gasteiger charge is -2.18. The fourth-order valence-electron chi connectivity index (χ4n) is 3.88. The van der Waals surface area contributed by atoms with Crippen molar-refractivity contribution in [2.24, 2.45) is 7.05 Å². The van der Waals surface area contributed by atoms with E-state index in [0.29, 0.717) is 27.2 Å². The molecule has 4 rings (SSSR count). The predicted molar refractivity (Wildman–Crippen MR) is 125 cm³/mol. The topological polar surface area (TPSA) is 108 Å². The molecule has 4 aromatic rings. The van der Waals surface area contributed by atoms with Gasteiger partial charge >= 0.3 is 5.97 Å². The van der Waals surface area contributed by atoms with Crippen molar-refractivity contribution in [1.82, 2.24) is 9.55 Å². The van der Waals surface area contributed by atoms with E-state index in [1.165, 1.54) is 28.0 Å². The second-order valence-corrected chi connectivity index (χ2v) is 8.79. The Balaban J connectivity index is 1.89. The molecule has 0 aliphatic rings. The lowest BCUT2D eigenvalue weighted by molar-refractivity contribution is 0.0697. The number of anilines is 1. The molecule has 0 amide bonds. The summed E-state index contributed by atoms with van der Waals surface area (Å²) in [5.74, 6) is -1.53. The average molecular weight is 463 g/mol. The summed E-state index contributed by atoms with van der Waals surface area (Å²) in [5.41, 5.74) is 2.01. The molecule has 0 bridgehead atoms. The number of rotatable bonds is 5. The third-order valence-electron chi connectivity index (χ3n) is 5.44. The minimum Gasteiger partial charge on any atom is -0.478 e. The van der Waals surface area contributed by atoms with Gasteiger partial charge in [0.25, 0.3) is 5.56 Å². The summed E-state index contributed by atoms with van der Waals surface area (Å²) in [6, 6.07) is 12.1. The molecular formula is C24H19FN4O3S. The van der Waals surface area contributed by atoms with Gasteiger partial charge in [-0.2, -0.15) is 5.26 Å². The number of aromatic nitrogens is 2. The van der Waals surface area contributed by atoms with Crippen molar-refractivity contribution < 1.29 is 14.3 Å². The number of aryl methyl sites for hydroxylation is 1. The summed E-state index contributed by atoms with van der Waals surface area (Å²) in [6.07, 6.45) is 0. The van der Waals surface area contributed by atoms with Crippen LogP contribution in [0.15, 0.2) is 47.3 Å². The van der Waals surface area contributed by atoms with Crippen molar-refractivity contribution in [2.45, 2.75) is 19.9 Å². The van der Waals surface area contributed by atoms with E-state index in [0.717, 1.165) is 16.5 Å². The van der Waals surface area contributed by atoms with Gasteiger partial charge in [0.05, 0.1) is 28.8 Å². The summed E-state index contributed by atoms with van der Waals surface area (Å²) in [4.78, 5) is 30.4. The quantitative estimate of drug-likeness (QED) is 0.439. The Morgan fingerprint density at radius 3 is 2.73 bits per heavy atom. The molecule has 0 aliphatic heterocycles. The minimum atomic E-state index is -1.25. The molecule has 2 aromatic heterocycles. The molecule has 33 heavy (non-hydrogen) atoms. The largest absolute Gasteiger partial charge is 0.478 e. The fraction of sp³-hybridized carbons (Fsp3) is 0.167. The molecule has 2 heterocycles. The van der Waals surface area contributed by atoms with Crippen LogP contribution in [0.1, 0.15) is 39.3 Å². The van der Waals surface area contributed by atoms with Gasteiger partial charge in [-0.3, -0.25) is 9.36 Å². The summed E-state index contributed by atoms with van der Waals surface area (Å²) in [6.45, 7) is 3.69. The van der Waals surface area contributed by atoms with Crippen LogP contribution in [0.5, 0.6) is 0 Å². The molecule has 0 spiro atoms. The van der Waals surface area contributed by atoms with Crippen molar-refractivity contribution in [3.63, 3.8) is 0 Å². The zero-order chi connectivity index (χ0) is 23.9. The highest BCUT2D eigenvalue weighted by Gasteiger charge is 2.23. The molecule has 0 saturated carbocycles. The van der Waals surface area contributed by atoms with Crippen LogP contribution in [-0.2, 0) is 7.05 Å². The Bertz CT molecular complexity index is 1520. The van der Waals surface area contributed by atoms with Crippen molar-refractivity contribution in [1.29, 1.82) is 5.26 Å². The van der Waals surface area contributed by atoms with Crippen LogP contribution < -0.4 is 10.9 Å². The lowest BCUT2D eigenvalue weighted by Crippen LogP contribution is -2.20. The second kappa shape index (κ2) is 8.48. The molecule has 9 heteroatoms. The van der Waals surface area contributed by atoms with Gasteiger partial charge in [0.1, 0.15) is 16.3 Å². The number of halogens is 1. The summed E-state index contributed by atoms with van der Waals surface area (Å²) >= 11 is 1.31. The van der Waals surface area contributed by atoms with E-state index in [2.05, 4.69) is 11.4 Å². The number of aromatic carboxylic acids is 1. The number of benzene rings is 2. The molecule has 0 radical (unpaired) electrons. The molecular weight excluding hydrogens is 443 g/mol. The third-order valence-corrected chi connectivity index (χ3v) is 6.54. The SMILES string of the molecule is Cc1sc2c(=O)n(C)c(-c3ccccc3C#N)nc2c1C(C)Nc1ccc(F)cc1C(=O)O. The first-order chi connectivity index (χ1) is 15.7. The second-order valence-electron chi connectivity index (χ2n) is 7.57. The highest BCUT2D eigenvalue weighted by molar-refractivity contribution is 7.19. The number of nitrogens with one attached hydrogen (secondary N) is 1. The van der Waals surface area contributed by atoms with Crippen LogP contribution in [0.2, 0.25) is 0 Å². The number of nitriles is 1. The molecule has 2 N–H and O–H groups in total. The number of hydrogen-bond donors (Lipinski definition) is 2. The highest BCUT2D eigenvalue weighted by Crippen LogP contribution is 2.35. The number of carbonyl (C=O) groups is 1. The van der Waals surface area contributed by atoms with Crippen molar-refractivity contribution in [2.75, 3.05) is 5.32 Å². The average Bonchev–Trinajstić information content (AvgIpc) is 3.13. The number of hydrogen-bond acceptors (Lipinski definition) is 6. The Hall–Kier alpha value is -4.03. The highest BCUT2D eigenvalue weighted by atomic mass is 32.1. The monoisotopic (exact) mass is 462 g/mol. The van der Waals surface area contributed by atoms with Gasteiger partial charge in [-0.05, 0) is 44.2 Å². The first-order valence-electron chi connectivity index (χ1n) is 10.0. The van der Waals surface area contributed by atoms with Crippen LogP contribution >= 0.6 is 11.3 Å². The summed E-state index contributed by atoms with van der Waals surface area (Å²) in [7, 11) is 1.62. The van der Waals surface area contributed by atoms with Crippen LogP contribution in [0.3, 0.4) is 0 Å². The number of nitrogens with zero attached hydrogens (tertiary/aromatic N) is 3. The zero-order valence-corrected chi connectivity index (χ0v) is 18.8. The van der Waals surface area contributed by atoms with Crippen LogP contribution in [0.4, 0.5) is 10.1 Å². The number of carboxylic acids is 1. The zero-order valence-electron chi connectivity index (χ0n) is 18.0. The van der Waals surface area contributed by atoms with E-state index < -0.39 is 17.8 Å². The lowest BCUT2D eigenvalue weighted by atomic mass is 10.1. The normalized spacial score (nSPS) is 11.8. The number of fused-ring (bicyclic) bond motifs is 1. The molecule has 166 valence electrons. The molecule has 0 aliphatic carbocycles. The first-order valence-corrected chi connectivity index (χ1v) is 10.8. The molecule has 1 atom stereocenters. The molecule has 0 saturated heterocycles. The smallest absolute Gasteiger partial charge is 0.337 e. The van der Waals surface area contributed by atoms with E-state index in [9.17, 15) is 24.3 Å². The van der Waals surface area contributed by atoms with Crippen LogP contribution in [-0.4, -0.2) is 20.6 Å². The van der Waals surface area contributed by atoms with E-state index in [-0.39, 0.29) is 16.8 Å². The maximum Gasteiger partial charge on any atom is 0.337 e. The summed E-state index contributed by atoms with van der Waals surface area (Å²) < 4.78 is 15.5. The van der Waals surface area contributed by atoms with E-state index in [4.69, 9.17) is 4.98 Å². The third kappa shape index (κ3) is 3.85. The van der Waals surface area contributed by atoms with Crippen LogP contribution in [0.25, 0.3) is 21.6 Å². The van der Waals surface area contributed by atoms with Gasteiger partial charge in [-0.25, -0.2) is 14.2 Å².